The molecular formula is C15H16ClNO3S2. The lowest BCUT2D eigenvalue weighted by Gasteiger charge is -2.13. The van der Waals surface area contributed by atoms with Gasteiger partial charge in [-0.3, -0.25) is 9.69 Å². The minimum atomic E-state index is -0.105. The van der Waals surface area contributed by atoms with Gasteiger partial charge in [0.1, 0.15) is 4.32 Å². The Balaban J connectivity index is 2.30. The Bertz CT molecular complexity index is 646. The molecule has 1 N–H and O–H groups in total. The molecule has 1 aromatic carbocycles. The number of thioether (sulfide) groups is 1. The van der Waals surface area contributed by atoms with Crippen LogP contribution >= 0.6 is 35.6 Å². The topological polar surface area (TPSA) is 49.8 Å². The van der Waals surface area contributed by atoms with E-state index in [4.69, 9.17) is 28.6 Å². The van der Waals surface area contributed by atoms with Gasteiger partial charge in [-0.25, -0.2) is 0 Å². The molecule has 0 saturated carbocycles. The van der Waals surface area contributed by atoms with Crippen molar-refractivity contribution in [3.63, 3.8) is 0 Å². The van der Waals surface area contributed by atoms with E-state index in [0.717, 1.165) is 12.8 Å². The molecule has 118 valence electrons. The SMILES string of the molecule is CCCCN1C(=O)C(=Cc2cc(OC)c(O)cc2Cl)SC1=S. The molecule has 1 saturated heterocycles. The summed E-state index contributed by atoms with van der Waals surface area (Å²) < 4.78 is 5.62. The van der Waals surface area contributed by atoms with Crippen molar-refractivity contribution in [2.24, 2.45) is 0 Å². The lowest BCUT2D eigenvalue weighted by molar-refractivity contribution is -0.122. The number of carbonyl (C=O) groups excluding carboxylic acids is 1. The van der Waals surface area contributed by atoms with Gasteiger partial charge >= 0.3 is 0 Å². The Morgan fingerprint density at radius 3 is 2.86 bits per heavy atom. The summed E-state index contributed by atoms with van der Waals surface area (Å²) in [6, 6.07) is 2.99. The second-order valence-electron chi connectivity index (χ2n) is 4.73. The van der Waals surface area contributed by atoms with Gasteiger partial charge in [0.05, 0.1) is 17.0 Å². The van der Waals surface area contributed by atoms with Crippen molar-refractivity contribution in [2.45, 2.75) is 19.8 Å². The minimum absolute atomic E-state index is 0.0415. The van der Waals surface area contributed by atoms with Gasteiger partial charge in [0, 0.05) is 12.6 Å². The average Bonchev–Trinajstić information content (AvgIpc) is 2.74. The fraction of sp³-hybridized carbons (Fsp3) is 0.333. The van der Waals surface area contributed by atoms with Gasteiger partial charge in [0.2, 0.25) is 0 Å². The largest absolute Gasteiger partial charge is 0.504 e. The summed E-state index contributed by atoms with van der Waals surface area (Å²) in [5.74, 6) is 0.156. The highest BCUT2D eigenvalue weighted by Crippen LogP contribution is 2.37. The Kier molecular flexibility index (Phi) is 5.72. The van der Waals surface area contributed by atoms with Crippen LogP contribution in [0.3, 0.4) is 0 Å². The maximum Gasteiger partial charge on any atom is 0.266 e. The number of unbranched alkanes of at least 4 members (excludes halogenated alkanes) is 1. The van der Waals surface area contributed by atoms with Crippen molar-refractivity contribution in [3.8, 4) is 11.5 Å². The molecule has 1 aromatic rings. The standard InChI is InChI=1S/C15H16ClNO3S2/c1-3-4-5-17-14(19)13(22-15(17)21)7-9-6-12(20-2)11(18)8-10(9)16/h6-8,18H,3-5H2,1-2H3. The third-order valence-electron chi connectivity index (χ3n) is 3.19. The summed E-state index contributed by atoms with van der Waals surface area (Å²) >= 11 is 12.6. The van der Waals surface area contributed by atoms with E-state index in [0.29, 0.717) is 32.1 Å². The van der Waals surface area contributed by atoms with Crippen LogP contribution in [0.4, 0.5) is 0 Å². The summed E-state index contributed by atoms with van der Waals surface area (Å²) in [4.78, 5) is 14.5. The predicted molar refractivity (Wildman–Crippen MR) is 94.5 cm³/mol. The molecular weight excluding hydrogens is 342 g/mol. The first-order valence-corrected chi connectivity index (χ1v) is 8.40. The molecule has 4 nitrogen and oxygen atoms in total. The van der Waals surface area contributed by atoms with Crippen LogP contribution in [0.2, 0.25) is 5.02 Å². The van der Waals surface area contributed by atoms with E-state index in [1.54, 1.807) is 17.0 Å². The molecule has 1 heterocycles. The average molecular weight is 358 g/mol. The maximum atomic E-state index is 12.4. The van der Waals surface area contributed by atoms with Crippen LogP contribution in [-0.4, -0.2) is 33.9 Å². The molecule has 1 amide bonds. The van der Waals surface area contributed by atoms with Crippen LogP contribution in [0.5, 0.6) is 11.5 Å². The number of carbonyl (C=O) groups is 1. The van der Waals surface area contributed by atoms with Crippen LogP contribution in [-0.2, 0) is 4.79 Å². The minimum Gasteiger partial charge on any atom is -0.504 e. The van der Waals surface area contributed by atoms with E-state index in [-0.39, 0.29) is 11.7 Å². The van der Waals surface area contributed by atoms with Gasteiger partial charge < -0.3 is 9.84 Å². The van der Waals surface area contributed by atoms with Gasteiger partial charge in [0.25, 0.3) is 5.91 Å². The van der Waals surface area contributed by atoms with E-state index in [1.807, 2.05) is 0 Å². The number of methoxy groups -OCH3 is 1. The monoisotopic (exact) mass is 357 g/mol. The van der Waals surface area contributed by atoms with E-state index < -0.39 is 0 Å². The van der Waals surface area contributed by atoms with Crippen molar-refractivity contribution in [1.29, 1.82) is 0 Å². The van der Waals surface area contributed by atoms with Crippen LogP contribution in [0.15, 0.2) is 17.0 Å². The number of phenols is 1. The molecule has 1 aliphatic heterocycles. The molecule has 0 bridgehead atoms. The van der Waals surface area contributed by atoms with Crippen LogP contribution in [0.25, 0.3) is 6.08 Å². The number of ether oxygens (including phenoxy) is 1. The molecule has 0 radical (unpaired) electrons. The molecule has 2 rings (SSSR count). The van der Waals surface area contributed by atoms with Crippen molar-refractivity contribution >= 4 is 51.9 Å². The van der Waals surface area contributed by atoms with Crippen molar-refractivity contribution in [3.05, 3.63) is 27.6 Å². The summed E-state index contributed by atoms with van der Waals surface area (Å²) in [6.07, 6.45) is 3.58. The molecule has 0 unspecified atom stereocenters. The molecule has 7 heteroatoms. The summed E-state index contributed by atoms with van der Waals surface area (Å²) in [6.45, 7) is 2.70. The number of aromatic hydroxyl groups is 1. The summed E-state index contributed by atoms with van der Waals surface area (Å²) in [5, 5.41) is 10.0. The van der Waals surface area contributed by atoms with Crippen molar-refractivity contribution < 1.29 is 14.6 Å². The highest BCUT2D eigenvalue weighted by Gasteiger charge is 2.31. The van der Waals surface area contributed by atoms with Crippen LogP contribution < -0.4 is 4.74 Å². The normalized spacial score (nSPS) is 16.7. The second-order valence-corrected chi connectivity index (χ2v) is 6.82. The van der Waals surface area contributed by atoms with Crippen molar-refractivity contribution in [1.82, 2.24) is 4.90 Å². The fourth-order valence-electron chi connectivity index (χ4n) is 1.98. The molecule has 0 atom stereocenters. The number of nitrogens with zero attached hydrogens (tertiary/aromatic N) is 1. The third kappa shape index (κ3) is 3.56. The predicted octanol–water partition coefficient (Wildman–Crippen LogP) is 4.06. The molecule has 1 aliphatic rings. The molecule has 0 spiro atoms. The number of halogens is 1. The summed E-state index contributed by atoms with van der Waals surface area (Å²) in [7, 11) is 1.46. The fourth-order valence-corrected chi connectivity index (χ4v) is 3.49. The lowest BCUT2D eigenvalue weighted by Crippen LogP contribution is -2.28. The first-order chi connectivity index (χ1) is 10.5. The lowest BCUT2D eigenvalue weighted by atomic mass is 10.1. The highest BCUT2D eigenvalue weighted by molar-refractivity contribution is 8.26. The van der Waals surface area contributed by atoms with Gasteiger partial charge in [-0.1, -0.05) is 48.9 Å². The van der Waals surface area contributed by atoms with Gasteiger partial charge in [-0.2, -0.15) is 0 Å². The summed E-state index contributed by atoms with van der Waals surface area (Å²) in [5.41, 5.74) is 0.604. The van der Waals surface area contributed by atoms with E-state index in [1.165, 1.54) is 24.9 Å². The van der Waals surface area contributed by atoms with E-state index in [2.05, 4.69) is 6.92 Å². The molecule has 1 fully saturated rings. The Morgan fingerprint density at radius 2 is 2.23 bits per heavy atom. The van der Waals surface area contributed by atoms with E-state index in [9.17, 15) is 9.90 Å². The van der Waals surface area contributed by atoms with Crippen molar-refractivity contribution in [2.75, 3.05) is 13.7 Å². The first kappa shape index (κ1) is 17.1. The van der Waals surface area contributed by atoms with Crippen LogP contribution in [0, 0.1) is 0 Å². The zero-order chi connectivity index (χ0) is 16.3. The zero-order valence-corrected chi connectivity index (χ0v) is 14.6. The molecule has 0 aliphatic carbocycles. The van der Waals surface area contributed by atoms with Gasteiger partial charge in [0.15, 0.2) is 11.5 Å². The zero-order valence-electron chi connectivity index (χ0n) is 12.3. The Hall–Kier alpha value is -1.24. The number of hydrogen-bond donors (Lipinski definition) is 1. The quantitative estimate of drug-likeness (QED) is 0.636. The first-order valence-electron chi connectivity index (χ1n) is 6.79. The number of thiocarbonyl (C=S) groups is 1. The number of phenolic OH excluding ortho intramolecular Hbond substituents is 1. The smallest absolute Gasteiger partial charge is 0.266 e. The second kappa shape index (κ2) is 7.35. The Labute approximate surface area is 144 Å². The third-order valence-corrected chi connectivity index (χ3v) is 4.90. The number of hydrogen-bond acceptors (Lipinski definition) is 5. The number of amides is 1. The Morgan fingerprint density at radius 1 is 1.50 bits per heavy atom. The van der Waals surface area contributed by atoms with Crippen LogP contribution in [0.1, 0.15) is 25.3 Å². The highest BCUT2D eigenvalue weighted by atomic mass is 35.5. The molecule has 0 aromatic heterocycles. The maximum absolute atomic E-state index is 12.4. The van der Waals surface area contributed by atoms with E-state index >= 15 is 0 Å². The number of benzene rings is 1. The van der Waals surface area contributed by atoms with Gasteiger partial charge in [-0.05, 0) is 24.1 Å². The van der Waals surface area contributed by atoms with Gasteiger partial charge in [-0.15, -0.1) is 0 Å². The molecule has 22 heavy (non-hydrogen) atoms. The number of rotatable bonds is 5.